The van der Waals surface area contributed by atoms with E-state index in [0.717, 1.165) is 25.0 Å². The van der Waals surface area contributed by atoms with Crippen molar-refractivity contribution in [3.63, 3.8) is 0 Å². The Morgan fingerprint density at radius 1 is 0.968 bits per heavy atom. The van der Waals surface area contributed by atoms with Crippen LogP contribution in [-0.4, -0.2) is 80.8 Å². The molecule has 31 heavy (non-hydrogen) atoms. The predicted molar refractivity (Wildman–Crippen MR) is 115 cm³/mol. The van der Waals surface area contributed by atoms with E-state index in [0.29, 0.717) is 32.4 Å². The molecule has 11 heteroatoms. The first-order valence-corrected chi connectivity index (χ1v) is 13.8. The van der Waals surface area contributed by atoms with Crippen LogP contribution in [0.5, 0.6) is 0 Å². The Bertz CT molecular complexity index is 983. The predicted octanol–water partition coefficient (Wildman–Crippen LogP) is 1.64. The van der Waals surface area contributed by atoms with Gasteiger partial charge in [-0.1, -0.05) is 13.3 Å². The number of hydrogen-bond acceptors (Lipinski definition) is 5. The Kier molecular flexibility index (Phi) is 7.72. The number of piperidine rings is 1. The SMILES string of the molecule is CCCS(=O)(=O)N1CCCCC1C(=O)N1CCCN(S(=O)(=O)c2ccc(F)cc2)CC1. The number of rotatable bonds is 6. The molecule has 0 bridgehead atoms. The van der Waals surface area contributed by atoms with Gasteiger partial charge in [0.05, 0.1) is 10.6 Å². The minimum atomic E-state index is -3.80. The highest BCUT2D eigenvalue weighted by Gasteiger charge is 2.39. The molecule has 0 spiro atoms. The summed E-state index contributed by atoms with van der Waals surface area (Å²) in [5.41, 5.74) is 0. The minimum Gasteiger partial charge on any atom is -0.340 e. The summed E-state index contributed by atoms with van der Waals surface area (Å²) in [4.78, 5) is 14.8. The molecule has 2 aliphatic heterocycles. The average molecular weight is 476 g/mol. The Morgan fingerprint density at radius 3 is 2.35 bits per heavy atom. The zero-order chi connectivity index (χ0) is 22.6. The molecule has 174 valence electrons. The van der Waals surface area contributed by atoms with E-state index in [2.05, 4.69) is 0 Å². The van der Waals surface area contributed by atoms with Crippen molar-refractivity contribution in [1.29, 1.82) is 0 Å². The molecule has 1 unspecified atom stereocenters. The number of amides is 1. The summed E-state index contributed by atoms with van der Waals surface area (Å²) >= 11 is 0. The zero-order valence-electron chi connectivity index (χ0n) is 17.7. The second-order valence-corrected chi connectivity index (χ2v) is 12.0. The Morgan fingerprint density at radius 2 is 1.68 bits per heavy atom. The molecule has 2 heterocycles. The van der Waals surface area contributed by atoms with Crippen LogP contribution in [0.25, 0.3) is 0 Å². The van der Waals surface area contributed by atoms with E-state index in [1.165, 1.54) is 20.7 Å². The number of benzene rings is 1. The molecule has 1 aromatic rings. The lowest BCUT2D eigenvalue weighted by molar-refractivity contribution is -0.136. The fraction of sp³-hybridized carbons (Fsp3) is 0.650. The largest absolute Gasteiger partial charge is 0.340 e. The van der Waals surface area contributed by atoms with E-state index in [4.69, 9.17) is 0 Å². The van der Waals surface area contributed by atoms with Crippen molar-refractivity contribution >= 4 is 26.0 Å². The summed E-state index contributed by atoms with van der Waals surface area (Å²) in [7, 11) is -7.30. The van der Waals surface area contributed by atoms with Crippen molar-refractivity contribution in [3.05, 3.63) is 30.1 Å². The van der Waals surface area contributed by atoms with Crippen LogP contribution in [0, 0.1) is 5.82 Å². The maximum absolute atomic E-state index is 13.2. The molecule has 2 saturated heterocycles. The summed E-state index contributed by atoms with van der Waals surface area (Å²) in [6.45, 7) is 3.05. The first-order chi connectivity index (χ1) is 14.7. The standard InChI is InChI=1S/C20H30FN3O5S2/c1-2-16-30(26,27)24-13-4-3-6-19(24)20(25)22-11-5-12-23(15-14-22)31(28,29)18-9-7-17(21)8-10-18/h7-10,19H,2-6,11-16H2,1H3. The van der Waals surface area contributed by atoms with Crippen LogP contribution in [0.1, 0.15) is 39.0 Å². The molecule has 0 radical (unpaired) electrons. The smallest absolute Gasteiger partial charge is 0.243 e. The summed E-state index contributed by atoms with van der Waals surface area (Å²) in [5, 5.41) is 0. The van der Waals surface area contributed by atoms with Gasteiger partial charge in [0, 0.05) is 32.7 Å². The lowest BCUT2D eigenvalue weighted by atomic mass is 10.0. The normalized spacial score (nSPS) is 22.3. The molecule has 1 amide bonds. The van der Waals surface area contributed by atoms with Gasteiger partial charge in [-0.3, -0.25) is 4.79 Å². The van der Waals surface area contributed by atoms with E-state index >= 15 is 0 Å². The number of hydrogen-bond donors (Lipinski definition) is 0. The van der Waals surface area contributed by atoms with E-state index in [-0.39, 0.29) is 36.2 Å². The minimum absolute atomic E-state index is 0.0118. The molecule has 2 aliphatic rings. The Hall–Kier alpha value is -1.56. The van der Waals surface area contributed by atoms with Gasteiger partial charge in [0.1, 0.15) is 11.9 Å². The fourth-order valence-corrected chi connectivity index (χ4v) is 7.39. The Balaban J connectivity index is 1.72. The average Bonchev–Trinajstić information content (AvgIpc) is 3.00. The molecule has 1 atom stereocenters. The van der Waals surface area contributed by atoms with Crippen LogP contribution in [-0.2, 0) is 24.8 Å². The number of carbonyl (C=O) groups is 1. The maximum Gasteiger partial charge on any atom is 0.243 e. The summed E-state index contributed by atoms with van der Waals surface area (Å²) < 4.78 is 66.9. The third-order valence-electron chi connectivity index (χ3n) is 5.78. The lowest BCUT2D eigenvalue weighted by Gasteiger charge is -2.36. The second-order valence-electron chi connectivity index (χ2n) is 7.98. The fourth-order valence-electron chi connectivity index (χ4n) is 4.18. The molecule has 0 N–H and O–H groups in total. The lowest BCUT2D eigenvalue weighted by Crippen LogP contribution is -2.54. The van der Waals surface area contributed by atoms with E-state index in [1.807, 2.05) is 0 Å². The van der Waals surface area contributed by atoms with Crippen LogP contribution in [0.2, 0.25) is 0 Å². The topological polar surface area (TPSA) is 95.1 Å². The van der Waals surface area contributed by atoms with Gasteiger partial charge in [-0.2, -0.15) is 8.61 Å². The number of halogens is 1. The van der Waals surface area contributed by atoms with Crippen LogP contribution in [0.15, 0.2) is 29.2 Å². The van der Waals surface area contributed by atoms with E-state index < -0.39 is 31.9 Å². The molecule has 0 saturated carbocycles. The van der Waals surface area contributed by atoms with Crippen LogP contribution < -0.4 is 0 Å². The molecular weight excluding hydrogens is 445 g/mol. The highest BCUT2D eigenvalue weighted by Crippen LogP contribution is 2.24. The summed E-state index contributed by atoms with van der Waals surface area (Å²) in [5.74, 6) is -0.748. The summed E-state index contributed by atoms with van der Waals surface area (Å²) in [6.07, 6.45) is 2.93. The molecule has 8 nitrogen and oxygen atoms in total. The van der Waals surface area contributed by atoms with Gasteiger partial charge in [0.15, 0.2) is 0 Å². The molecule has 0 aliphatic carbocycles. The van der Waals surface area contributed by atoms with Crippen LogP contribution in [0.4, 0.5) is 4.39 Å². The van der Waals surface area contributed by atoms with Crippen LogP contribution in [0.3, 0.4) is 0 Å². The first kappa shape index (κ1) is 24.1. The number of nitrogens with zero attached hydrogens (tertiary/aromatic N) is 3. The van der Waals surface area contributed by atoms with E-state index in [9.17, 15) is 26.0 Å². The molecule has 3 rings (SSSR count). The number of sulfonamides is 2. The van der Waals surface area contributed by atoms with Crippen molar-refractivity contribution in [2.24, 2.45) is 0 Å². The third-order valence-corrected chi connectivity index (χ3v) is 9.76. The molecular formula is C20H30FN3O5S2. The van der Waals surface area contributed by atoms with Gasteiger partial charge < -0.3 is 4.90 Å². The Labute approximate surface area is 184 Å². The van der Waals surface area contributed by atoms with E-state index in [1.54, 1.807) is 11.8 Å². The van der Waals surface area contributed by atoms with Gasteiger partial charge in [0.2, 0.25) is 26.0 Å². The van der Waals surface area contributed by atoms with Gasteiger partial charge in [-0.05, 0) is 49.9 Å². The second kappa shape index (κ2) is 9.93. The van der Waals surface area contributed by atoms with Crippen molar-refractivity contribution < 1.29 is 26.0 Å². The van der Waals surface area contributed by atoms with Gasteiger partial charge in [0.25, 0.3) is 0 Å². The van der Waals surface area contributed by atoms with Crippen LogP contribution >= 0.6 is 0 Å². The van der Waals surface area contributed by atoms with Crippen molar-refractivity contribution in [3.8, 4) is 0 Å². The number of carbonyl (C=O) groups excluding carboxylic acids is 1. The highest BCUT2D eigenvalue weighted by molar-refractivity contribution is 7.89. The first-order valence-electron chi connectivity index (χ1n) is 10.7. The molecule has 1 aromatic carbocycles. The molecule has 0 aromatic heterocycles. The summed E-state index contributed by atoms with van der Waals surface area (Å²) in [6, 6.07) is 3.96. The highest BCUT2D eigenvalue weighted by atomic mass is 32.2. The quantitative estimate of drug-likeness (QED) is 0.623. The van der Waals surface area contributed by atoms with Crippen molar-refractivity contribution in [2.45, 2.75) is 50.0 Å². The molecule has 2 fully saturated rings. The van der Waals surface area contributed by atoms with Gasteiger partial charge in [-0.25, -0.2) is 21.2 Å². The monoisotopic (exact) mass is 475 g/mol. The van der Waals surface area contributed by atoms with Gasteiger partial charge >= 0.3 is 0 Å². The third kappa shape index (κ3) is 5.44. The van der Waals surface area contributed by atoms with Crippen molar-refractivity contribution in [1.82, 2.24) is 13.5 Å². The van der Waals surface area contributed by atoms with Gasteiger partial charge in [-0.15, -0.1) is 0 Å². The van der Waals surface area contributed by atoms with Crippen molar-refractivity contribution in [2.75, 3.05) is 38.5 Å². The zero-order valence-corrected chi connectivity index (χ0v) is 19.4. The maximum atomic E-state index is 13.2.